The van der Waals surface area contributed by atoms with E-state index in [1.165, 1.54) is 12.3 Å². The van der Waals surface area contributed by atoms with Gasteiger partial charge in [-0.15, -0.1) is 0 Å². The van der Waals surface area contributed by atoms with Gasteiger partial charge in [0.2, 0.25) is 5.89 Å². The molecule has 0 saturated carbocycles. The number of hydrogen-bond donors (Lipinski definition) is 0. The van der Waals surface area contributed by atoms with Crippen molar-refractivity contribution in [3.05, 3.63) is 66.1 Å². The predicted octanol–water partition coefficient (Wildman–Crippen LogP) is 5.82. The van der Waals surface area contributed by atoms with E-state index in [0.717, 1.165) is 5.56 Å². The number of para-hydroxylation sites is 1. The second-order valence-corrected chi connectivity index (χ2v) is 6.97. The molecule has 0 aliphatic heterocycles. The SMILES string of the molecule is CCOc1ccc(-c2nc(C=CC(=O)c3ccccc3OC(C)C)co2)cc1OCC. The van der Waals surface area contributed by atoms with Crippen molar-refractivity contribution >= 4 is 11.9 Å². The van der Waals surface area contributed by atoms with Crippen molar-refractivity contribution in [2.75, 3.05) is 13.2 Å². The van der Waals surface area contributed by atoms with E-state index >= 15 is 0 Å². The molecule has 0 atom stereocenters. The summed E-state index contributed by atoms with van der Waals surface area (Å²) in [5.74, 6) is 2.13. The molecular weight excluding hydrogens is 394 g/mol. The van der Waals surface area contributed by atoms with Crippen LogP contribution >= 0.6 is 0 Å². The minimum absolute atomic E-state index is 0.0216. The number of aromatic nitrogens is 1. The zero-order valence-electron chi connectivity index (χ0n) is 18.3. The molecule has 31 heavy (non-hydrogen) atoms. The van der Waals surface area contributed by atoms with Crippen LogP contribution in [0.15, 0.2) is 59.2 Å². The number of ether oxygens (including phenoxy) is 3. The van der Waals surface area contributed by atoms with Crippen LogP contribution in [0, 0.1) is 0 Å². The lowest BCUT2D eigenvalue weighted by molar-refractivity contribution is 0.104. The van der Waals surface area contributed by atoms with Gasteiger partial charge in [0, 0.05) is 5.56 Å². The summed E-state index contributed by atoms with van der Waals surface area (Å²) < 4.78 is 22.6. The van der Waals surface area contributed by atoms with Gasteiger partial charge in [0.05, 0.1) is 24.9 Å². The standard InChI is InChI=1S/C25H27NO5/c1-5-28-23-14-11-18(15-24(23)29-6-2)25-26-19(16-30-25)12-13-21(27)20-9-7-8-10-22(20)31-17(3)4/h7-17H,5-6H2,1-4H3. The Hall–Kier alpha value is -3.54. The fraction of sp³-hybridized carbons (Fsp3) is 0.280. The molecule has 3 aromatic rings. The van der Waals surface area contributed by atoms with Crippen LogP contribution < -0.4 is 14.2 Å². The maximum atomic E-state index is 12.7. The highest BCUT2D eigenvalue weighted by Gasteiger charge is 2.13. The highest BCUT2D eigenvalue weighted by Crippen LogP contribution is 2.32. The summed E-state index contributed by atoms with van der Waals surface area (Å²) in [5.41, 5.74) is 1.80. The second-order valence-electron chi connectivity index (χ2n) is 6.97. The van der Waals surface area contributed by atoms with Crippen molar-refractivity contribution < 1.29 is 23.4 Å². The van der Waals surface area contributed by atoms with Gasteiger partial charge in [0.15, 0.2) is 17.3 Å². The lowest BCUT2D eigenvalue weighted by Gasteiger charge is -2.12. The average Bonchev–Trinajstić information content (AvgIpc) is 3.23. The Morgan fingerprint density at radius 3 is 2.52 bits per heavy atom. The third-order valence-electron chi connectivity index (χ3n) is 4.23. The van der Waals surface area contributed by atoms with Crippen LogP contribution in [-0.2, 0) is 0 Å². The summed E-state index contributed by atoms with van der Waals surface area (Å²) in [5, 5.41) is 0. The summed E-state index contributed by atoms with van der Waals surface area (Å²) in [6.07, 6.45) is 4.58. The number of carbonyl (C=O) groups is 1. The molecule has 0 aliphatic carbocycles. The van der Waals surface area contributed by atoms with Crippen LogP contribution in [0.4, 0.5) is 0 Å². The first-order valence-corrected chi connectivity index (χ1v) is 10.4. The number of oxazole rings is 1. The third-order valence-corrected chi connectivity index (χ3v) is 4.23. The second kappa shape index (κ2) is 10.5. The van der Waals surface area contributed by atoms with E-state index in [0.29, 0.717) is 47.6 Å². The molecule has 6 nitrogen and oxygen atoms in total. The zero-order chi connectivity index (χ0) is 22.2. The maximum Gasteiger partial charge on any atom is 0.226 e. The highest BCUT2D eigenvalue weighted by molar-refractivity contribution is 6.08. The first kappa shape index (κ1) is 22.2. The van der Waals surface area contributed by atoms with Crippen LogP contribution in [0.3, 0.4) is 0 Å². The number of nitrogens with zero attached hydrogens (tertiary/aromatic N) is 1. The van der Waals surface area contributed by atoms with Crippen LogP contribution in [0.5, 0.6) is 17.2 Å². The maximum absolute atomic E-state index is 12.7. The molecule has 6 heteroatoms. The van der Waals surface area contributed by atoms with Gasteiger partial charge < -0.3 is 18.6 Å². The number of benzene rings is 2. The van der Waals surface area contributed by atoms with Gasteiger partial charge in [0.1, 0.15) is 17.7 Å². The van der Waals surface area contributed by atoms with E-state index < -0.39 is 0 Å². The van der Waals surface area contributed by atoms with Gasteiger partial charge in [-0.1, -0.05) is 12.1 Å². The molecule has 2 aromatic carbocycles. The molecule has 3 rings (SSSR count). The Bertz CT molecular complexity index is 1050. The van der Waals surface area contributed by atoms with Gasteiger partial charge in [-0.25, -0.2) is 4.98 Å². The van der Waals surface area contributed by atoms with Crippen molar-refractivity contribution in [3.63, 3.8) is 0 Å². The topological polar surface area (TPSA) is 70.8 Å². The predicted molar refractivity (Wildman–Crippen MR) is 120 cm³/mol. The largest absolute Gasteiger partial charge is 0.490 e. The number of hydrogen-bond acceptors (Lipinski definition) is 6. The van der Waals surface area contributed by atoms with Crippen molar-refractivity contribution in [2.24, 2.45) is 0 Å². The summed E-state index contributed by atoms with van der Waals surface area (Å²) >= 11 is 0. The first-order valence-electron chi connectivity index (χ1n) is 10.4. The number of allylic oxidation sites excluding steroid dienone is 1. The fourth-order valence-corrected chi connectivity index (χ4v) is 2.96. The van der Waals surface area contributed by atoms with E-state index in [1.54, 1.807) is 18.2 Å². The van der Waals surface area contributed by atoms with Crippen molar-refractivity contribution in [2.45, 2.75) is 33.8 Å². The van der Waals surface area contributed by atoms with Crippen LogP contribution in [0.1, 0.15) is 43.7 Å². The summed E-state index contributed by atoms with van der Waals surface area (Å²) in [6, 6.07) is 12.7. The minimum atomic E-state index is -0.166. The Morgan fingerprint density at radius 1 is 1.03 bits per heavy atom. The van der Waals surface area contributed by atoms with Gasteiger partial charge in [0.25, 0.3) is 0 Å². The Balaban J connectivity index is 1.78. The fourth-order valence-electron chi connectivity index (χ4n) is 2.96. The van der Waals surface area contributed by atoms with E-state index in [1.807, 2.05) is 58.0 Å². The molecule has 0 N–H and O–H groups in total. The van der Waals surface area contributed by atoms with E-state index in [4.69, 9.17) is 18.6 Å². The third kappa shape index (κ3) is 5.75. The molecule has 0 radical (unpaired) electrons. The molecule has 1 heterocycles. The van der Waals surface area contributed by atoms with Crippen molar-refractivity contribution in [3.8, 4) is 28.7 Å². The summed E-state index contributed by atoms with van der Waals surface area (Å²) in [6.45, 7) is 8.75. The highest BCUT2D eigenvalue weighted by atomic mass is 16.5. The Labute approximate surface area is 182 Å². The molecule has 0 aliphatic rings. The van der Waals surface area contributed by atoms with Crippen LogP contribution in [-0.4, -0.2) is 30.1 Å². The average molecular weight is 421 g/mol. The van der Waals surface area contributed by atoms with Crippen molar-refractivity contribution in [1.29, 1.82) is 0 Å². The molecule has 0 saturated heterocycles. The van der Waals surface area contributed by atoms with Gasteiger partial charge >= 0.3 is 0 Å². The summed E-state index contributed by atoms with van der Waals surface area (Å²) in [7, 11) is 0. The van der Waals surface area contributed by atoms with Crippen LogP contribution in [0.25, 0.3) is 17.5 Å². The Kier molecular flexibility index (Phi) is 7.49. The van der Waals surface area contributed by atoms with Gasteiger partial charge in [-0.3, -0.25) is 4.79 Å². The summed E-state index contributed by atoms with van der Waals surface area (Å²) in [4.78, 5) is 17.1. The molecule has 162 valence electrons. The molecule has 0 fully saturated rings. The number of rotatable bonds is 10. The smallest absolute Gasteiger partial charge is 0.226 e. The Morgan fingerprint density at radius 2 is 1.77 bits per heavy atom. The molecular formula is C25H27NO5. The van der Waals surface area contributed by atoms with Gasteiger partial charge in [-0.05, 0) is 70.2 Å². The molecule has 0 amide bonds. The van der Waals surface area contributed by atoms with Crippen LogP contribution in [0.2, 0.25) is 0 Å². The van der Waals surface area contributed by atoms with E-state index in [-0.39, 0.29) is 11.9 Å². The monoisotopic (exact) mass is 421 g/mol. The molecule has 1 aromatic heterocycles. The van der Waals surface area contributed by atoms with E-state index in [2.05, 4.69) is 4.98 Å². The first-order chi connectivity index (χ1) is 15.0. The lowest BCUT2D eigenvalue weighted by atomic mass is 10.1. The normalized spacial score (nSPS) is 11.1. The molecule has 0 spiro atoms. The zero-order valence-corrected chi connectivity index (χ0v) is 18.3. The molecule has 0 unspecified atom stereocenters. The minimum Gasteiger partial charge on any atom is -0.490 e. The van der Waals surface area contributed by atoms with Gasteiger partial charge in [-0.2, -0.15) is 0 Å². The molecule has 0 bridgehead atoms. The quantitative estimate of drug-likeness (QED) is 0.303. The number of ketones is 1. The van der Waals surface area contributed by atoms with E-state index in [9.17, 15) is 4.79 Å². The number of carbonyl (C=O) groups excluding carboxylic acids is 1. The lowest BCUT2D eigenvalue weighted by Crippen LogP contribution is -2.09. The van der Waals surface area contributed by atoms with Crippen molar-refractivity contribution in [1.82, 2.24) is 4.98 Å².